The van der Waals surface area contributed by atoms with Crippen LogP contribution >= 0.6 is 17.0 Å². The molecule has 0 heterocycles. The van der Waals surface area contributed by atoms with Gasteiger partial charge in [0.15, 0.2) is 6.29 Å². The van der Waals surface area contributed by atoms with Gasteiger partial charge in [-0.05, 0) is 0 Å². The maximum absolute atomic E-state index is 10.2. The molecule has 0 aliphatic rings. The summed E-state index contributed by atoms with van der Waals surface area (Å²) in [6.07, 6.45) is 0.310. The first-order valence-electron chi connectivity index (χ1n) is 2.85. The average molecular weight is 235 g/mol. The highest BCUT2D eigenvalue weighted by Crippen LogP contribution is 2.29. The lowest BCUT2D eigenvalue weighted by Crippen LogP contribution is -1.81. The van der Waals surface area contributed by atoms with E-state index in [1.165, 1.54) is 0 Å². The van der Waals surface area contributed by atoms with E-state index in [1.54, 1.807) is 0 Å². The van der Waals surface area contributed by atoms with Crippen molar-refractivity contribution < 1.29 is 20.1 Å². The number of phenols is 3. The van der Waals surface area contributed by atoms with E-state index in [0.717, 1.165) is 12.1 Å². The molecule has 0 aliphatic heterocycles. The van der Waals surface area contributed by atoms with Gasteiger partial charge >= 0.3 is 0 Å². The van der Waals surface area contributed by atoms with Gasteiger partial charge in [0.25, 0.3) is 0 Å². The molecule has 66 valence electrons. The average Bonchev–Trinajstić information content (AvgIpc) is 1.85. The van der Waals surface area contributed by atoms with Crippen LogP contribution in [0.1, 0.15) is 10.4 Å². The second kappa shape index (κ2) is 3.96. The summed E-state index contributed by atoms with van der Waals surface area (Å²) in [4.78, 5) is 10.2. The van der Waals surface area contributed by atoms with Gasteiger partial charge < -0.3 is 15.3 Å². The molecule has 1 aromatic carbocycles. The summed E-state index contributed by atoms with van der Waals surface area (Å²) >= 11 is 0. The molecule has 0 radical (unpaired) electrons. The summed E-state index contributed by atoms with van der Waals surface area (Å²) in [7, 11) is 0. The molecular weight excluding hydrogens is 228 g/mol. The number of carbonyl (C=O) groups is 1. The molecule has 0 saturated carbocycles. The van der Waals surface area contributed by atoms with E-state index < -0.39 is 11.5 Å². The minimum absolute atomic E-state index is 0. The SMILES string of the molecule is Br.O=Cc1c(O)cc(O)cc1O. The van der Waals surface area contributed by atoms with E-state index in [-0.39, 0.29) is 28.3 Å². The molecule has 0 aromatic heterocycles. The fourth-order valence-electron chi connectivity index (χ4n) is 0.729. The van der Waals surface area contributed by atoms with Gasteiger partial charge in [-0.3, -0.25) is 4.79 Å². The summed E-state index contributed by atoms with van der Waals surface area (Å²) in [5.41, 5.74) is -0.220. The van der Waals surface area contributed by atoms with Gasteiger partial charge in [-0.15, -0.1) is 17.0 Å². The van der Waals surface area contributed by atoms with Gasteiger partial charge in [-0.2, -0.15) is 0 Å². The zero-order valence-corrected chi connectivity index (χ0v) is 7.60. The van der Waals surface area contributed by atoms with Crippen molar-refractivity contribution in [2.24, 2.45) is 0 Å². The molecule has 1 aromatic rings. The summed E-state index contributed by atoms with van der Waals surface area (Å²) in [5.74, 6) is -1.15. The fourth-order valence-corrected chi connectivity index (χ4v) is 0.729. The van der Waals surface area contributed by atoms with Crippen LogP contribution in [0.5, 0.6) is 17.2 Å². The second-order valence-corrected chi connectivity index (χ2v) is 2.02. The zero-order valence-electron chi connectivity index (χ0n) is 5.89. The van der Waals surface area contributed by atoms with E-state index in [1.807, 2.05) is 0 Å². The van der Waals surface area contributed by atoms with Crippen molar-refractivity contribution in [3.05, 3.63) is 17.7 Å². The van der Waals surface area contributed by atoms with Crippen LogP contribution in [0, 0.1) is 0 Å². The van der Waals surface area contributed by atoms with Crippen LogP contribution < -0.4 is 0 Å². The molecule has 4 nitrogen and oxygen atoms in total. The molecule has 0 amide bonds. The molecule has 0 aliphatic carbocycles. The van der Waals surface area contributed by atoms with Crippen molar-refractivity contribution in [1.29, 1.82) is 0 Å². The highest BCUT2D eigenvalue weighted by atomic mass is 79.9. The number of benzene rings is 1. The summed E-state index contributed by atoms with van der Waals surface area (Å²) in [6.45, 7) is 0. The smallest absolute Gasteiger partial charge is 0.157 e. The van der Waals surface area contributed by atoms with E-state index in [2.05, 4.69) is 0 Å². The van der Waals surface area contributed by atoms with Crippen molar-refractivity contribution in [3.63, 3.8) is 0 Å². The monoisotopic (exact) mass is 234 g/mol. The molecule has 0 unspecified atom stereocenters. The quantitative estimate of drug-likeness (QED) is 0.639. The molecule has 0 fully saturated rings. The third kappa shape index (κ3) is 1.88. The van der Waals surface area contributed by atoms with Crippen LogP contribution in [0.2, 0.25) is 0 Å². The maximum Gasteiger partial charge on any atom is 0.157 e. The number of carbonyl (C=O) groups excluding carboxylic acids is 1. The molecule has 0 spiro atoms. The zero-order chi connectivity index (χ0) is 8.43. The lowest BCUT2D eigenvalue weighted by molar-refractivity contribution is 0.111. The molecular formula is C7H7BrO4. The Kier molecular flexibility index (Phi) is 3.56. The normalized spacial score (nSPS) is 8.67. The highest BCUT2D eigenvalue weighted by molar-refractivity contribution is 8.93. The van der Waals surface area contributed by atoms with Gasteiger partial charge in [0.05, 0.1) is 5.56 Å². The molecule has 5 heteroatoms. The van der Waals surface area contributed by atoms with Crippen molar-refractivity contribution in [2.75, 3.05) is 0 Å². The molecule has 0 saturated heterocycles. The van der Waals surface area contributed by atoms with E-state index in [4.69, 9.17) is 15.3 Å². The van der Waals surface area contributed by atoms with E-state index in [0.29, 0.717) is 6.29 Å². The van der Waals surface area contributed by atoms with Gasteiger partial charge in [0.1, 0.15) is 17.2 Å². The van der Waals surface area contributed by atoms with Crippen LogP contribution in [0.15, 0.2) is 12.1 Å². The van der Waals surface area contributed by atoms with Gasteiger partial charge in [0.2, 0.25) is 0 Å². The molecule has 0 bridgehead atoms. The number of aldehydes is 1. The van der Waals surface area contributed by atoms with Crippen molar-refractivity contribution >= 4 is 23.3 Å². The number of rotatable bonds is 1. The van der Waals surface area contributed by atoms with Crippen molar-refractivity contribution in [2.45, 2.75) is 0 Å². The van der Waals surface area contributed by atoms with Crippen LogP contribution in [0.4, 0.5) is 0 Å². The Morgan fingerprint density at radius 2 is 1.50 bits per heavy atom. The second-order valence-electron chi connectivity index (χ2n) is 2.02. The molecule has 0 atom stereocenters. The van der Waals surface area contributed by atoms with Crippen molar-refractivity contribution in [1.82, 2.24) is 0 Å². The third-order valence-corrected chi connectivity index (χ3v) is 1.24. The van der Waals surface area contributed by atoms with Gasteiger partial charge in [0, 0.05) is 12.1 Å². The van der Waals surface area contributed by atoms with Crippen LogP contribution in [0.25, 0.3) is 0 Å². The predicted octanol–water partition coefficient (Wildman–Crippen LogP) is 1.19. The van der Waals surface area contributed by atoms with Crippen LogP contribution in [-0.2, 0) is 0 Å². The minimum atomic E-state index is -0.433. The van der Waals surface area contributed by atoms with Crippen LogP contribution in [-0.4, -0.2) is 21.6 Å². The Bertz CT molecular complexity index is 274. The first-order chi connectivity index (χ1) is 5.15. The lowest BCUT2D eigenvalue weighted by Gasteiger charge is -2.00. The van der Waals surface area contributed by atoms with E-state index in [9.17, 15) is 4.79 Å². The summed E-state index contributed by atoms with van der Waals surface area (Å²) in [5, 5.41) is 26.6. The van der Waals surface area contributed by atoms with Crippen LogP contribution in [0.3, 0.4) is 0 Å². The largest absolute Gasteiger partial charge is 0.508 e. The third-order valence-electron chi connectivity index (χ3n) is 1.24. The number of hydrogen-bond donors (Lipinski definition) is 3. The Hall–Kier alpha value is -1.23. The molecule has 1 rings (SSSR count). The predicted molar refractivity (Wildman–Crippen MR) is 47.1 cm³/mol. The van der Waals surface area contributed by atoms with E-state index >= 15 is 0 Å². The Labute approximate surface area is 78.9 Å². The maximum atomic E-state index is 10.2. The Balaban J connectivity index is 0.00000121. The fraction of sp³-hybridized carbons (Fsp3) is 0. The van der Waals surface area contributed by atoms with Crippen molar-refractivity contribution in [3.8, 4) is 17.2 Å². The highest BCUT2D eigenvalue weighted by Gasteiger charge is 2.07. The Morgan fingerprint density at radius 1 is 1.08 bits per heavy atom. The molecule has 3 N–H and O–H groups in total. The van der Waals surface area contributed by atoms with Gasteiger partial charge in [-0.1, -0.05) is 0 Å². The van der Waals surface area contributed by atoms with Gasteiger partial charge in [-0.25, -0.2) is 0 Å². The first kappa shape index (κ1) is 10.8. The Morgan fingerprint density at radius 3 is 1.83 bits per heavy atom. The minimum Gasteiger partial charge on any atom is -0.508 e. The summed E-state index contributed by atoms with van der Waals surface area (Å²) < 4.78 is 0. The number of phenolic OH excluding ortho intramolecular Hbond substituents is 3. The molecule has 12 heavy (non-hydrogen) atoms. The number of aromatic hydroxyl groups is 3. The number of hydrogen-bond acceptors (Lipinski definition) is 4. The number of halogens is 1. The first-order valence-corrected chi connectivity index (χ1v) is 2.85. The standard InChI is InChI=1S/C7H6O4.BrH/c8-3-5-6(10)1-4(9)2-7(5)11;/h1-3,9-11H;1H. The summed E-state index contributed by atoms with van der Waals surface area (Å²) in [6, 6.07) is 1.95. The topological polar surface area (TPSA) is 77.8 Å². The lowest BCUT2D eigenvalue weighted by atomic mass is 10.2.